The lowest BCUT2D eigenvalue weighted by Gasteiger charge is -2.17. The third kappa shape index (κ3) is 8.81. The van der Waals surface area contributed by atoms with E-state index in [9.17, 15) is 14.4 Å². The number of aromatic nitrogens is 1. The summed E-state index contributed by atoms with van der Waals surface area (Å²) in [5.74, 6) is -1.13. The predicted octanol–water partition coefficient (Wildman–Crippen LogP) is -0.494. The van der Waals surface area contributed by atoms with Crippen LogP contribution in [0, 0.1) is 0 Å². The fourth-order valence-electron chi connectivity index (χ4n) is 3.07. The Kier molecular flexibility index (Phi) is 11.0. The molecule has 0 aliphatic rings. The maximum atomic E-state index is 12.7. The quantitative estimate of drug-likeness (QED) is 0.193. The average molecular weight is 575 g/mol. The standard InChI is InChI=1S/C25H25N3O5.HI/c26-23(29)21-12-7-14-28(16-21)15-13-22(24(30)32-17-19-8-3-1-4-9-19)27-25(31)33-18-20-10-5-2-6-11-20;/h1-12,14,16,22H,13,15,17-18H2,(H2-,26,27,29,31);1H/t22-;/m0./s1. The molecule has 9 heteroatoms. The Morgan fingerprint density at radius 1 is 0.853 bits per heavy atom. The second kappa shape index (κ2) is 13.9. The minimum absolute atomic E-state index is 0. The van der Waals surface area contributed by atoms with Gasteiger partial charge in [-0.3, -0.25) is 4.79 Å². The van der Waals surface area contributed by atoms with Crippen LogP contribution in [0.25, 0.3) is 0 Å². The summed E-state index contributed by atoms with van der Waals surface area (Å²) in [5, 5.41) is 2.59. The van der Waals surface area contributed by atoms with Crippen molar-refractivity contribution in [1.82, 2.24) is 5.32 Å². The zero-order valence-corrected chi connectivity index (χ0v) is 20.6. The number of ether oxygens (including phenoxy) is 2. The number of alkyl carbamates (subject to hydrolysis) is 1. The molecule has 8 nitrogen and oxygen atoms in total. The van der Waals surface area contributed by atoms with Gasteiger partial charge in [-0.15, -0.1) is 0 Å². The van der Waals surface area contributed by atoms with E-state index >= 15 is 0 Å². The molecule has 0 unspecified atom stereocenters. The normalized spacial score (nSPS) is 10.9. The van der Waals surface area contributed by atoms with Crippen molar-refractivity contribution in [3.05, 3.63) is 102 Å². The molecule has 1 aromatic heterocycles. The first-order chi connectivity index (χ1) is 16.0. The van der Waals surface area contributed by atoms with Gasteiger partial charge >= 0.3 is 12.1 Å². The molecule has 0 aliphatic carbocycles. The molecular formula is C25H26IN3O5. The number of hydrogen-bond acceptors (Lipinski definition) is 5. The van der Waals surface area contributed by atoms with Crippen LogP contribution in [0.1, 0.15) is 27.9 Å². The summed E-state index contributed by atoms with van der Waals surface area (Å²) < 4.78 is 12.4. The third-order valence-electron chi connectivity index (χ3n) is 4.83. The molecule has 1 heterocycles. The molecule has 2 aromatic carbocycles. The number of aryl methyl sites for hydroxylation is 1. The van der Waals surface area contributed by atoms with E-state index in [1.54, 1.807) is 29.1 Å². The molecule has 3 aromatic rings. The average Bonchev–Trinajstić information content (AvgIpc) is 2.85. The van der Waals surface area contributed by atoms with Crippen LogP contribution >= 0.6 is 0 Å². The van der Waals surface area contributed by atoms with Gasteiger partial charge in [-0.1, -0.05) is 60.7 Å². The lowest BCUT2D eigenvalue weighted by atomic mass is 10.2. The molecule has 178 valence electrons. The van der Waals surface area contributed by atoms with Gasteiger partial charge in [-0.2, -0.15) is 0 Å². The van der Waals surface area contributed by atoms with E-state index in [0.717, 1.165) is 11.1 Å². The molecule has 3 rings (SSSR count). The summed E-state index contributed by atoms with van der Waals surface area (Å²) >= 11 is 0. The summed E-state index contributed by atoms with van der Waals surface area (Å²) in [6.07, 6.45) is 2.83. The van der Waals surface area contributed by atoms with Crippen molar-refractivity contribution < 1.29 is 52.4 Å². The van der Waals surface area contributed by atoms with Crippen molar-refractivity contribution in [3.8, 4) is 0 Å². The summed E-state index contributed by atoms with van der Waals surface area (Å²) in [5.41, 5.74) is 7.33. The largest absolute Gasteiger partial charge is 1.00 e. The number of nitrogens with zero attached hydrogens (tertiary/aromatic N) is 1. The molecule has 0 aliphatic heterocycles. The van der Waals surface area contributed by atoms with Crippen LogP contribution in [0.2, 0.25) is 0 Å². The molecule has 3 N–H and O–H groups in total. The van der Waals surface area contributed by atoms with Crippen molar-refractivity contribution in [3.63, 3.8) is 0 Å². The third-order valence-corrected chi connectivity index (χ3v) is 4.83. The fourth-order valence-corrected chi connectivity index (χ4v) is 3.07. The fraction of sp³-hybridized carbons (Fsp3) is 0.200. The molecule has 0 saturated heterocycles. The number of esters is 1. The first-order valence-corrected chi connectivity index (χ1v) is 10.5. The van der Waals surface area contributed by atoms with Crippen LogP contribution in [0.5, 0.6) is 0 Å². The monoisotopic (exact) mass is 575 g/mol. The van der Waals surface area contributed by atoms with Crippen LogP contribution in [0.4, 0.5) is 4.79 Å². The van der Waals surface area contributed by atoms with Gasteiger partial charge in [0, 0.05) is 12.5 Å². The Morgan fingerprint density at radius 2 is 1.44 bits per heavy atom. The van der Waals surface area contributed by atoms with Crippen molar-refractivity contribution >= 4 is 18.0 Å². The van der Waals surface area contributed by atoms with Gasteiger partial charge in [-0.25, -0.2) is 14.2 Å². The SMILES string of the molecule is NC(=O)c1ccc[n+](CC[C@H](NC(=O)OCc2ccccc2)C(=O)OCc2ccccc2)c1.[I-]. The predicted molar refractivity (Wildman–Crippen MR) is 120 cm³/mol. The minimum Gasteiger partial charge on any atom is -1.00 e. The number of carbonyl (C=O) groups excluding carboxylic acids is 3. The number of halogens is 1. The molecule has 2 amide bonds. The van der Waals surface area contributed by atoms with E-state index in [0.29, 0.717) is 12.1 Å². The number of amides is 2. The van der Waals surface area contributed by atoms with Crippen molar-refractivity contribution in [1.29, 1.82) is 0 Å². The molecule has 0 spiro atoms. The Bertz CT molecular complexity index is 1080. The van der Waals surface area contributed by atoms with Crippen LogP contribution in [-0.2, 0) is 34.0 Å². The van der Waals surface area contributed by atoms with E-state index in [1.165, 1.54) is 0 Å². The summed E-state index contributed by atoms with van der Waals surface area (Å²) in [6.45, 7) is 0.500. The van der Waals surface area contributed by atoms with Gasteiger partial charge < -0.3 is 44.5 Å². The molecule has 0 bridgehead atoms. The van der Waals surface area contributed by atoms with Crippen molar-refractivity contribution in [2.75, 3.05) is 0 Å². The zero-order valence-electron chi connectivity index (χ0n) is 18.4. The Labute approximate surface area is 215 Å². The van der Waals surface area contributed by atoms with Gasteiger partial charge in [-0.05, 0) is 17.2 Å². The van der Waals surface area contributed by atoms with Crippen LogP contribution in [-0.4, -0.2) is 24.0 Å². The maximum Gasteiger partial charge on any atom is 0.408 e. The first-order valence-electron chi connectivity index (χ1n) is 10.5. The number of nitrogens with two attached hydrogens (primary N) is 1. The van der Waals surface area contributed by atoms with E-state index < -0.39 is 24.0 Å². The van der Waals surface area contributed by atoms with E-state index in [2.05, 4.69) is 5.32 Å². The lowest BCUT2D eigenvalue weighted by molar-refractivity contribution is -0.697. The number of benzene rings is 2. The Hall–Kier alpha value is -3.47. The first kappa shape index (κ1) is 26.8. The van der Waals surface area contributed by atoms with Gasteiger partial charge in [0.1, 0.15) is 24.8 Å². The number of hydrogen-bond donors (Lipinski definition) is 2. The van der Waals surface area contributed by atoms with E-state index in [1.807, 2.05) is 60.7 Å². The topological polar surface area (TPSA) is 112 Å². The number of pyridine rings is 1. The van der Waals surface area contributed by atoms with Crippen LogP contribution in [0.15, 0.2) is 85.2 Å². The van der Waals surface area contributed by atoms with Gasteiger partial charge in [0.15, 0.2) is 18.9 Å². The summed E-state index contributed by atoms with van der Waals surface area (Å²) in [6, 6.07) is 20.8. The van der Waals surface area contributed by atoms with Crippen molar-refractivity contribution in [2.24, 2.45) is 5.73 Å². The number of rotatable bonds is 10. The maximum absolute atomic E-state index is 12.7. The number of carbonyl (C=O) groups is 3. The smallest absolute Gasteiger partial charge is 0.408 e. The van der Waals surface area contributed by atoms with Crippen LogP contribution in [0.3, 0.4) is 0 Å². The minimum atomic E-state index is -0.943. The highest BCUT2D eigenvalue weighted by Crippen LogP contribution is 2.06. The zero-order chi connectivity index (χ0) is 23.5. The van der Waals surface area contributed by atoms with Crippen LogP contribution < -0.4 is 39.6 Å². The molecule has 1 atom stereocenters. The molecule has 0 saturated carbocycles. The van der Waals surface area contributed by atoms with Crippen molar-refractivity contribution in [2.45, 2.75) is 32.2 Å². The molecule has 0 fully saturated rings. The van der Waals surface area contributed by atoms with Gasteiger partial charge in [0.25, 0.3) is 5.91 Å². The van der Waals surface area contributed by atoms with Gasteiger partial charge in [0.05, 0.1) is 0 Å². The molecular weight excluding hydrogens is 549 g/mol. The summed E-state index contributed by atoms with van der Waals surface area (Å²) in [4.78, 5) is 36.5. The highest BCUT2D eigenvalue weighted by Gasteiger charge is 2.25. The highest BCUT2D eigenvalue weighted by atomic mass is 127. The lowest BCUT2D eigenvalue weighted by Crippen LogP contribution is -3.00. The van der Waals surface area contributed by atoms with Gasteiger partial charge in [0.2, 0.25) is 0 Å². The Balaban J connectivity index is 0.00000408. The number of primary amides is 1. The summed E-state index contributed by atoms with van der Waals surface area (Å²) in [7, 11) is 0. The second-order valence-electron chi connectivity index (χ2n) is 7.34. The molecule has 0 radical (unpaired) electrons. The molecule has 34 heavy (non-hydrogen) atoms. The Morgan fingerprint density at radius 3 is 2.03 bits per heavy atom. The highest BCUT2D eigenvalue weighted by molar-refractivity contribution is 5.92. The second-order valence-corrected chi connectivity index (χ2v) is 7.34. The van der Waals surface area contributed by atoms with E-state index in [-0.39, 0.29) is 43.6 Å². The number of nitrogens with one attached hydrogen (secondary N) is 1. The van der Waals surface area contributed by atoms with E-state index in [4.69, 9.17) is 15.2 Å².